The van der Waals surface area contributed by atoms with Crippen LogP contribution >= 0.6 is 0 Å². The lowest BCUT2D eigenvalue weighted by atomic mass is 9.80. The Bertz CT molecular complexity index is 858. The van der Waals surface area contributed by atoms with Crippen LogP contribution in [0.5, 0.6) is 0 Å². The highest BCUT2D eigenvalue weighted by atomic mass is 16.2. The first kappa shape index (κ1) is 17.8. The van der Waals surface area contributed by atoms with E-state index in [4.69, 9.17) is 0 Å². The number of likely N-dealkylation sites (N-methyl/N-ethyl adjacent to an activating group) is 1. The van der Waals surface area contributed by atoms with Gasteiger partial charge in [-0.3, -0.25) is 14.4 Å². The zero-order chi connectivity index (χ0) is 18.7. The normalized spacial score (nSPS) is 16.1. The minimum absolute atomic E-state index is 0.169. The predicted molar refractivity (Wildman–Crippen MR) is 94.1 cm³/mol. The number of H-pyrrole nitrogens is 1. The van der Waals surface area contributed by atoms with Crippen molar-refractivity contribution in [3.8, 4) is 5.82 Å². The van der Waals surface area contributed by atoms with Crippen molar-refractivity contribution in [2.24, 2.45) is 0 Å². The molecule has 9 nitrogen and oxygen atoms in total. The summed E-state index contributed by atoms with van der Waals surface area (Å²) >= 11 is 0. The second-order valence-electron chi connectivity index (χ2n) is 6.51. The van der Waals surface area contributed by atoms with Crippen molar-refractivity contribution >= 4 is 11.8 Å². The largest absolute Gasteiger partial charge is 0.357 e. The van der Waals surface area contributed by atoms with Crippen molar-refractivity contribution in [2.75, 3.05) is 7.05 Å². The molecule has 3 N–H and O–H groups in total. The third-order valence-electron chi connectivity index (χ3n) is 4.86. The van der Waals surface area contributed by atoms with E-state index in [2.05, 4.69) is 25.9 Å². The summed E-state index contributed by atoms with van der Waals surface area (Å²) in [6.45, 7) is 1.74. The number of carbonyl (C=O) groups is 2. The van der Waals surface area contributed by atoms with Crippen LogP contribution in [0.25, 0.3) is 5.82 Å². The third kappa shape index (κ3) is 3.24. The second kappa shape index (κ2) is 7.11. The first-order chi connectivity index (χ1) is 12.5. The standard InChI is InChI=1S/C17H22N6O3/c1-11-12(10-19-23(11)13-6-7-14(24)22-21-13)15(25)20-17(16(26)18-2)8-4-3-5-9-17/h6-7,10H,3-5,8-9H2,1-2H3,(H,18,26)(H,20,25)(H,22,24). The molecule has 0 radical (unpaired) electrons. The summed E-state index contributed by atoms with van der Waals surface area (Å²) in [5, 5.41) is 16.0. The lowest BCUT2D eigenvalue weighted by Crippen LogP contribution is -2.59. The molecule has 0 atom stereocenters. The highest BCUT2D eigenvalue weighted by molar-refractivity contribution is 5.99. The van der Waals surface area contributed by atoms with E-state index in [0.29, 0.717) is 29.9 Å². The van der Waals surface area contributed by atoms with Gasteiger partial charge in [0.1, 0.15) is 5.54 Å². The molecule has 0 aliphatic heterocycles. The lowest BCUT2D eigenvalue weighted by Gasteiger charge is -2.36. The zero-order valence-electron chi connectivity index (χ0n) is 14.8. The van der Waals surface area contributed by atoms with Crippen molar-refractivity contribution in [1.29, 1.82) is 0 Å². The number of aromatic nitrogens is 4. The van der Waals surface area contributed by atoms with Gasteiger partial charge < -0.3 is 10.6 Å². The molecule has 9 heteroatoms. The topological polar surface area (TPSA) is 122 Å². The molecule has 2 heterocycles. The molecule has 1 aliphatic carbocycles. The number of aromatic amines is 1. The van der Waals surface area contributed by atoms with Gasteiger partial charge in [0, 0.05) is 13.1 Å². The van der Waals surface area contributed by atoms with Crippen LogP contribution in [-0.4, -0.2) is 44.4 Å². The van der Waals surface area contributed by atoms with Gasteiger partial charge in [0.05, 0.1) is 17.5 Å². The van der Waals surface area contributed by atoms with Crippen LogP contribution in [0.4, 0.5) is 0 Å². The van der Waals surface area contributed by atoms with Gasteiger partial charge in [0.2, 0.25) is 5.91 Å². The molecular formula is C17H22N6O3. The monoisotopic (exact) mass is 358 g/mol. The third-order valence-corrected chi connectivity index (χ3v) is 4.86. The van der Waals surface area contributed by atoms with E-state index in [1.807, 2.05) is 0 Å². The number of carbonyl (C=O) groups excluding carboxylic acids is 2. The maximum Gasteiger partial charge on any atom is 0.264 e. The predicted octanol–water partition coefficient (Wildman–Crippen LogP) is 0.443. The molecular weight excluding hydrogens is 336 g/mol. The molecule has 1 fully saturated rings. The number of nitrogens with one attached hydrogen (secondary N) is 3. The van der Waals surface area contributed by atoms with Crippen LogP contribution in [-0.2, 0) is 4.79 Å². The smallest absolute Gasteiger partial charge is 0.264 e. The Morgan fingerprint density at radius 3 is 2.58 bits per heavy atom. The SMILES string of the molecule is CNC(=O)C1(NC(=O)c2cnn(-c3ccc(=O)[nH]n3)c2C)CCCCC1. The summed E-state index contributed by atoms with van der Waals surface area (Å²) in [5.41, 5.74) is -0.257. The summed E-state index contributed by atoms with van der Waals surface area (Å²) in [6, 6.07) is 2.86. The molecule has 1 aliphatic rings. The van der Waals surface area contributed by atoms with Crippen LogP contribution in [0.15, 0.2) is 23.1 Å². The Kier molecular flexibility index (Phi) is 4.88. The Labute approximate surface area is 150 Å². The number of amides is 2. The molecule has 2 aromatic rings. The first-order valence-electron chi connectivity index (χ1n) is 8.62. The molecule has 2 aromatic heterocycles. The molecule has 138 valence electrons. The number of hydrogen-bond acceptors (Lipinski definition) is 5. The Balaban J connectivity index is 1.87. The molecule has 0 aromatic carbocycles. The van der Waals surface area contributed by atoms with E-state index in [9.17, 15) is 14.4 Å². The molecule has 2 amide bonds. The summed E-state index contributed by atoms with van der Waals surface area (Å²) in [4.78, 5) is 36.4. The minimum Gasteiger partial charge on any atom is -0.357 e. The number of rotatable bonds is 4. The van der Waals surface area contributed by atoms with Gasteiger partial charge in [-0.05, 0) is 25.8 Å². The van der Waals surface area contributed by atoms with Crippen molar-refractivity contribution in [3.63, 3.8) is 0 Å². The van der Waals surface area contributed by atoms with E-state index in [1.165, 1.54) is 23.0 Å². The van der Waals surface area contributed by atoms with E-state index >= 15 is 0 Å². The summed E-state index contributed by atoms with van der Waals surface area (Å²) in [6.07, 6.45) is 5.53. The number of nitrogens with zero attached hydrogens (tertiary/aromatic N) is 3. The average molecular weight is 358 g/mol. The minimum atomic E-state index is -0.880. The van der Waals surface area contributed by atoms with Gasteiger partial charge in [-0.2, -0.15) is 10.2 Å². The Hall–Kier alpha value is -2.97. The van der Waals surface area contributed by atoms with Crippen LogP contribution in [0.1, 0.15) is 48.2 Å². The molecule has 0 saturated heterocycles. The maximum atomic E-state index is 12.8. The highest BCUT2D eigenvalue weighted by Crippen LogP contribution is 2.29. The summed E-state index contributed by atoms with van der Waals surface area (Å²) < 4.78 is 1.47. The Morgan fingerprint density at radius 2 is 1.96 bits per heavy atom. The molecule has 0 spiro atoms. The van der Waals surface area contributed by atoms with Gasteiger partial charge >= 0.3 is 0 Å². The quantitative estimate of drug-likeness (QED) is 0.732. The Morgan fingerprint density at radius 1 is 1.23 bits per heavy atom. The van der Waals surface area contributed by atoms with Gasteiger partial charge in [-0.15, -0.1) is 0 Å². The van der Waals surface area contributed by atoms with Crippen LogP contribution in [0, 0.1) is 6.92 Å². The fraction of sp³-hybridized carbons (Fsp3) is 0.471. The van der Waals surface area contributed by atoms with Crippen molar-refractivity contribution in [2.45, 2.75) is 44.6 Å². The van der Waals surface area contributed by atoms with Gasteiger partial charge in [-0.1, -0.05) is 19.3 Å². The molecule has 0 unspecified atom stereocenters. The van der Waals surface area contributed by atoms with Gasteiger partial charge in [0.15, 0.2) is 5.82 Å². The average Bonchev–Trinajstić information content (AvgIpc) is 3.04. The van der Waals surface area contributed by atoms with E-state index in [1.54, 1.807) is 14.0 Å². The second-order valence-corrected chi connectivity index (χ2v) is 6.51. The maximum absolute atomic E-state index is 12.8. The van der Waals surface area contributed by atoms with Crippen molar-refractivity contribution in [3.05, 3.63) is 39.9 Å². The molecule has 1 saturated carbocycles. The fourth-order valence-electron chi connectivity index (χ4n) is 3.41. The summed E-state index contributed by atoms with van der Waals surface area (Å²) in [5.74, 6) is -0.110. The molecule has 26 heavy (non-hydrogen) atoms. The first-order valence-corrected chi connectivity index (χ1v) is 8.62. The lowest BCUT2D eigenvalue weighted by molar-refractivity contribution is -0.128. The van der Waals surface area contributed by atoms with Gasteiger partial charge in [-0.25, -0.2) is 9.78 Å². The van der Waals surface area contributed by atoms with Crippen molar-refractivity contribution in [1.82, 2.24) is 30.6 Å². The van der Waals surface area contributed by atoms with Crippen LogP contribution < -0.4 is 16.2 Å². The fourth-order valence-corrected chi connectivity index (χ4v) is 3.41. The number of hydrogen-bond donors (Lipinski definition) is 3. The van der Waals surface area contributed by atoms with E-state index in [0.717, 1.165) is 19.3 Å². The van der Waals surface area contributed by atoms with Crippen molar-refractivity contribution < 1.29 is 9.59 Å². The zero-order valence-corrected chi connectivity index (χ0v) is 14.8. The van der Waals surface area contributed by atoms with Gasteiger partial charge in [0.25, 0.3) is 11.5 Å². The summed E-state index contributed by atoms with van der Waals surface area (Å²) in [7, 11) is 1.58. The van der Waals surface area contributed by atoms with Crippen LogP contribution in [0.3, 0.4) is 0 Å². The highest BCUT2D eigenvalue weighted by Gasteiger charge is 2.40. The van der Waals surface area contributed by atoms with Crippen LogP contribution in [0.2, 0.25) is 0 Å². The van der Waals surface area contributed by atoms with E-state index < -0.39 is 5.54 Å². The molecule has 3 rings (SSSR count). The molecule has 0 bridgehead atoms. The van der Waals surface area contributed by atoms with E-state index in [-0.39, 0.29) is 17.4 Å².